The molecular formula is C24H25N7. The maximum atomic E-state index is 4.94. The first-order chi connectivity index (χ1) is 15.2. The Morgan fingerprint density at radius 2 is 2.10 bits per heavy atom. The molecule has 4 aromatic heterocycles. The average Bonchev–Trinajstić information content (AvgIpc) is 3.44. The molecule has 0 saturated carbocycles. The van der Waals surface area contributed by atoms with Crippen LogP contribution in [0.1, 0.15) is 31.3 Å². The molecule has 0 saturated heterocycles. The van der Waals surface area contributed by atoms with Crippen LogP contribution in [0.2, 0.25) is 0 Å². The molecule has 0 amide bonds. The van der Waals surface area contributed by atoms with Gasteiger partial charge in [-0.1, -0.05) is 24.3 Å². The molecule has 7 nitrogen and oxygen atoms in total. The second-order valence-electron chi connectivity index (χ2n) is 7.84. The van der Waals surface area contributed by atoms with Gasteiger partial charge in [-0.2, -0.15) is 5.10 Å². The van der Waals surface area contributed by atoms with Gasteiger partial charge in [0.2, 0.25) is 0 Å². The maximum absolute atomic E-state index is 4.94. The van der Waals surface area contributed by atoms with Crippen LogP contribution in [0, 0.1) is 6.92 Å². The number of nitrogens with one attached hydrogen (secondary N) is 2. The number of nitrogens with zero attached hydrogens (tertiary/aromatic N) is 5. The van der Waals surface area contributed by atoms with Crippen molar-refractivity contribution in [1.29, 1.82) is 0 Å². The SMILES string of the molecule is Cc1cccc(-c2[nH]c(CNC(C)C3=CCCC=C3)nc2-c2ccc3ncnn3c2)n1. The third-order valence-electron chi connectivity index (χ3n) is 5.54. The summed E-state index contributed by atoms with van der Waals surface area (Å²) in [5, 5.41) is 7.85. The first-order valence-electron chi connectivity index (χ1n) is 10.6. The first-order valence-corrected chi connectivity index (χ1v) is 10.6. The Hall–Kier alpha value is -3.58. The molecule has 5 rings (SSSR count). The van der Waals surface area contributed by atoms with Crippen molar-refractivity contribution in [3.63, 3.8) is 0 Å². The molecule has 1 aliphatic rings. The molecule has 4 aromatic rings. The molecule has 1 unspecified atom stereocenters. The Morgan fingerprint density at radius 1 is 1.16 bits per heavy atom. The highest BCUT2D eigenvalue weighted by Gasteiger charge is 2.17. The summed E-state index contributed by atoms with van der Waals surface area (Å²) >= 11 is 0. The molecule has 156 valence electrons. The van der Waals surface area contributed by atoms with E-state index in [1.165, 1.54) is 5.57 Å². The minimum atomic E-state index is 0.261. The molecule has 0 radical (unpaired) electrons. The number of hydrogen-bond donors (Lipinski definition) is 2. The van der Waals surface area contributed by atoms with Gasteiger partial charge in [0.05, 0.1) is 23.6 Å². The highest BCUT2D eigenvalue weighted by Crippen LogP contribution is 2.29. The Balaban J connectivity index is 1.49. The maximum Gasteiger partial charge on any atom is 0.155 e. The van der Waals surface area contributed by atoms with Crippen LogP contribution in [-0.2, 0) is 6.54 Å². The number of H-pyrrole nitrogens is 1. The lowest BCUT2D eigenvalue weighted by atomic mass is 10.0. The fourth-order valence-corrected chi connectivity index (χ4v) is 3.86. The van der Waals surface area contributed by atoms with E-state index in [9.17, 15) is 0 Å². The lowest BCUT2D eigenvalue weighted by Gasteiger charge is -2.16. The monoisotopic (exact) mass is 411 g/mol. The molecule has 1 aliphatic carbocycles. The zero-order chi connectivity index (χ0) is 21.2. The zero-order valence-electron chi connectivity index (χ0n) is 17.7. The van der Waals surface area contributed by atoms with Crippen LogP contribution in [0.25, 0.3) is 28.3 Å². The standard InChI is InChI=1S/C24H25N7/c1-16-7-6-10-20(28-16)24-23(19-11-12-22-26-15-27-31(22)14-19)29-21(30-24)13-25-17(2)18-8-4-3-5-9-18/h4,6-12,14-15,17,25H,3,5,13H2,1-2H3,(H,29,30). The predicted octanol–water partition coefficient (Wildman–Crippen LogP) is 4.24. The number of aromatic amines is 1. The number of imidazole rings is 1. The van der Waals surface area contributed by atoms with Crippen LogP contribution in [-0.4, -0.2) is 35.6 Å². The second-order valence-corrected chi connectivity index (χ2v) is 7.84. The predicted molar refractivity (Wildman–Crippen MR) is 121 cm³/mol. The summed E-state index contributed by atoms with van der Waals surface area (Å²) in [7, 11) is 0. The van der Waals surface area contributed by atoms with Crippen LogP contribution < -0.4 is 5.32 Å². The van der Waals surface area contributed by atoms with E-state index in [1.54, 1.807) is 10.8 Å². The quantitative estimate of drug-likeness (QED) is 0.496. The fourth-order valence-electron chi connectivity index (χ4n) is 3.86. The number of pyridine rings is 2. The van der Waals surface area contributed by atoms with Gasteiger partial charge in [0.25, 0.3) is 0 Å². The Kier molecular flexibility index (Phi) is 5.18. The van der Waals surface area contributed by atoms with E-state index in [0.29, 0.717) is 6.54 Å². The third-order valence-corrected chi connectivity index (χ3v) is 5.54. The van der Waals surface area contributed by atoms with Crippen molar-refractivity contribution in [3.8, 4) is 22.6 Å². The van der Waals surface area contributed by atoms with Gasteiger partial charge in [-0.25, -0.2) is 14.5 Å². The van der Waals surface area contributed by atoms with Gasteiger partial charge >= 0.3 is 0 Å². The highest BCUT2D eigenvalue weighted by atomic mass is 15.3. The molecule has 1 atom stereocenters. The molecule has 0 aliphatic heterocycles. The average molecular weight is 412 g/mol. The summed E-state index contributed by atoms with van der Waals surface area (Å²) in [5.41, 5.74) is 6.70. The summed E-state index contributed by atoms with van der Waals surface area (Å²) in [4.78, 5) is 17.4. The van der Waals surface area contributed by atoms with Crippen molar-refractivity contribution in [2.75, 3.05) is 0 Å². The van der Waals surface area contributed by atoms with Gasteiger partial charge in [-0.15, -0.1) is 0 Å². The lowest BCUT2D eigenvalue weighted by molar-refractivity contribution is 0.598. The molecule has 4 heterocycles. The number of rotatable bonds is 6. The number of allylic oxidation sites excluding steroid dienone is 2. The zero-order valence-corrected chi connectivity index (χ0v) is 17.7. The van der Waals surface area contributed by atoms with Gasteiger partial charge in [-0.05, 0) is 56.5 Å². The fraction of sp³-hybridized carbons (Fsp3) is 0.250. The van der Waals surface area contributed by atoms with Crippen LogP contribution in [0.3, 0.4) is 0 Å². The molecule has 0 bridgehead atoms. The van der Waals surface area contributed by atoms with Crippen LogP contribution in [0.4, 0.5) is 0 Å². The van der Waals surface area contributed by atoms with Crippen LogP contribution in [0.5, 0.6) is 0 Å². The molecular weight excluding hydrogens is 386 g/mol. The second kappa shape index (κ2) is 8.28. The molecule has 31 heavy (non-hydrogen) atoms. The van der Waals surface area contributed by atoms with Gasteiger partial charge in [0.1, 0.15) is 12.2 Å². The topological polar surface area (TPSA) is 83.8 Å². The minimum Gasteiger partial charge on any atom is -0.339 e. The lowest BCUT2D eigenvalue weighted by Crippen LogP contribution is -2.27. The normalized spacial score (nSPS) is 14.7. The van der Waals surface area contributed by atoms with E-state index >= 15 is 0 Å². The van der Waals surface area contributed by atoms with E-state index in [0.717, 1.165) is 52.7 Å². The van der Waals surface area contributed by atoms with Crippen molar-refractivity contribution in [1.82, 2.24) is 34.9 Å². The summed E-state index contributed by atoms with van der Waals surface area (Å²) in [6.07, 6.45) is 12.5. The Labute approximate surface area is 181 Å². The van der Waals surface area contributed by atoms with Gasteiger partial charge in [-0.3, -0.25) is 4.98 Å². The Bertz CT molecular complexity index is 1280. The van der Waals surface area contributed by atoms with Gasteiger partial charge in [0.15, 0.2) is 5.65 Å². The van der Waals surface area contributed by atoms with Crippen molar-refractivity contribution < 1.29 is 0 Å². The molecule has 0 aromatic carbocycles. The number of aryl methyl sites for hydroxylation is 1. The molecule has 0 spiro atoms. The van der Waals surface area contributed by atoms with Crippen molar-refractivity contribution in [2.24, 2.45) is 0 Å². The van der Waals surface area contributed by atoms with E-state index in [2.05, 4.69) is 45.5 Å². The Morgan fingerprint density at radius 3 is 2.94 bits per heavy atom. The summed E-state index contributed by atoms with van der Waals surface area (Å²) in [6.45, 7) is 4.82. The van der Waals surface area contributed by atoms with Crippen molar-refractivity contribution >= 4 is 5.65 Å². The summed E-state index contributed by atoms with van der Waals surface area (Å²) in [5.74, 6) is 0.874. The number of hydrogen-bond acceptors (Lipinski definition) is 5. The number of fused-ring (bicyclic) bond motifs is 1. The highest BCUT2D eigenvalue weighted by molar-refractivity contribution is 5.77. The summed E-state index contributed by atoms with van der Waals surface area (Å²) in [6, 6.07) is 10.3. The van der Waals surface area contributed by atoms with E-state index in [-0.39, 0.29) is 6.04 Å². The molecule has 0 fully saturated rings. The van der Waals surface area contributed by atoms with E-state index < -0.39 is 0 Å². The third kappa shape index (κ3) is 4.04. The van der Waals surface area contributed by atoms with Gasteiger partial charge < -0.3 is 10.3 Å². The smallest absolute Gasteiger partial charge is 0.155 e. The first kappa shape index (κ1) is 19.4. The van der Waals surface area contributed by atoms with Crippen molar-refractivity contribution in [3.05, 3.63) is 78.2 Å². The molecule has 7 heteroatoms. The van der Waals surface area contributed by atoms with E-state index in [1.807, 2.05) is 43.5 Å². The van der Waals surface area contributed by atoms with Gasteiger partial charge in [0, 0.05) is 23.5 Å². The molecule has 2 N–H and O–H groups in total. The van der Waals surface area contributed by atoms with Crippen LogP contribution in [0.15, 0.2) is 66.7 Å². The van der Waals surface area contributed by atoms with E-state index in [4.69, 9.17) is 9.97 Å². The summed E-state index contributed by atoms with van der Waals surface area (Å²) < 4.78 is 1.76. The largest absolute Gasteiger partial charge is 0.339 e. The van der Waals surface area contributed by atoms with Crippen molar-refractivity contribution in [2.45, 2.75) is 39.3 Å². The minimum absolute atomic E-state index is 0.261. The number of aromatic nitrogens is 6. The van der Waals surface area contributed by atoms with Crippen LogP contribution >= 0.6 is 0 Å².